The molecule has 2 aliphatic heterocycles. The first-order valence-electron chi connectivity index (χ1n) is 9.76. The van der Waals surface area contributed by atoms with Crippen LogP contribution < -0.4 is 15.9 Å². The van der Waals surface area contributed by atoms with Crippen molar-refractivity contribution in [2.45, 2.75) is 12.8 Å². The fraction of sp³-hybridized carbons (Fsp3) is 0.0833. The van der Waals surface area contributed by atoms with Crippen molar-refractivity contribution in [3.8, 4) is 0 Å². The van der Waals surface area contributed by atoms with Gasteiger partial charge in [-0.3, -0.25) is 29.8 Å². The number of carbonyl (C=O) groups excluding carboxylic acids is 4. The van der Waals surface area contributed by atoms with E-state index in [1.54, 1.807) is 18.2 Å². The molecule has 6 nitrogen and oxygen atoms in total. The lowest BCUT2D eigenvalue weighted by molar-refractivity contribution is -0.115. The highest BCUT2D eigenvalue weighted by Crippen LogP contribution is 2.42. The minimum atomic E-state index is -0.390. The summed E-state index contributed by atoms with van der Waals surface area (Å²) in [6.45, 7) is 0. The van der Waals surface area contributed by atoms with Gasteiger partial charge in [0.25, 0.3) is 23.6 Å². The average Bonchev–Trinajstić information content (AvgIpc) is 2.74. The van der Waals surface area contributed by atoms with E-state index in [4.69, 9.17) is 0 Å². The molecule has 0 atom stereocenters. The predicted octanol–water partition coefficient (Wildman–Crippen LogP) is 2.12. The summed E-state index contributed by atoms with van der Waals surface area (Å²) in [5.74, 6) is -1.47. The van der Waals surface area contributed by atoms with E-state index < -0.39 is 0 Å². The van der Waals surface area contributed by atoms with Gasteiger partial charge in [0, 0.05) is 32.9 Å². The molecule has 1 aliphatic carbocycles. The Labute approximate surface area is 168 Å². The Morgan fingerprint density at radius 1 is 0.533 bits per heavy atom. The molecule has 0 fully saturated rings. The van der Waals surface area contributed by atoms with Crippen molar-refractivity contribution >= 4 is 61.5 Å². The van der Waals surface area contributed by atoms with Crippen molar-refractivity contribution in [3.63, 3.8) is 0 Å². The molecular weight excluding hydrogens is 380 g/mol. The molecule has 7 rings (SSSR count). The lowest BCUT2D eigenvalue weighted by atomic mass is 9.79. The Bertz CT molecular complexity index is 1640. The predicted molar refractivity (Wildman–Crippen MR) is 110 cm³/mol. The first-order valence-corrected chi connectivity index (χ1v) is 9.76. The Hall–Kier alpha value is -4.06. The van der Waals surface area contributed by atoms with Gasteiger partial charge < -0.3 is 0 Å². The van der Waals surface area contributed by atoms with Crippen molar-refractivity contribution in [2.75, 3.05) is 0 Å². The van der Waals surface area contributed by atoms with Crippen molar-refractivity contribution in [1.82, 2.24) is 10.6 Å². The molecule has 3 aliphatic rings. The van der Waals surface area contributed by atoms with Gasteiger partial charge in [-0.25, -0.2) is 0 Å². The van der Waals surface area contributed by atoms with Crippen LogP contribution in [0.15, 0.2) is 36.4 Å². The SMILES string of the molecule is O=C1NC(=O)c2ccc3c4c(c5ccc6c7c(ccc3c57)C(=O)NC6=O)CCC1=c24. The van der Waals surface area contributed by atoms with Crippen LogP contribution in [0.4, 0.5) is 0 Å². The first-order chi connectivity index (χ1) is 14.5. The Kier molecular flexibility index (Phi) is 2.59. The van der Waals surface area contributed by atoms with E-state index in [9.17, 15) is 19.2 Å². The number of nitrogens with one attached hydrogen (secondary N) is 2. The molecule has 0 spiro atoms. The lowest BCUT2D eigenvalue weighted by Crippen LogP contribution is -2.43. The third-order valence-corrected chi connectivity index (χ3v) is 6.67. The quantitative estimate of drug-likeness (QED) is 0.272. The zero-order valence-corrected chi connectivity index (χ0v) is 15.5. The molecule has 0 radical (unpaired) electrons. The van der Waals surface area contributed by atoms with Crippen LogP contribution in [-0.2, 0) is 11.2 Å². The molecule has 0 saturated heterocycles. The topological polar surface area (TPSA) is 92.3 Å². The van der Waals surface area contributed by atoms with Gasteiger partial charge in [0.2, 0.25) is 0 Å². The maximum absolute atomic E-state index is 12.5. The van der Waals surface area contributed by atoms with E-state index in [1.165, 1.54) is 0 Å². The van der Waals surface area contributed by atoms with Crippen LogP contribution in [0.5, 0.6) is 0 Å². The molecule has 4 aromatic carbocycles. The monoisotopic (exact) mass is 392 g/mol. The summed E-state index contributed by atoms with van der Waals surface area (Å²) in [6.07, 6.45) is 1.19. The van der Waals surface area contributed by atoms with Crippen LogP contribution in [0.2, 0.25) is 0 Å². The number of imide groups is 2. The van der Waals surface area contributed by atoms with Gasteiger partial charge in [-0.2, -0.15) is 0 Å². The fourth-order valence-corrected chi connectivity index (χ4v) is 5.47. The molecule has 6 heteroatoms. The summed E-state index contributed by atoms with van der Waals surface area (Å²) < 4.78 is 0. The fourth-order valence-electron chi connectivity index (χ4n) is 5.47. The summed E-state index contributed by atoms with van der Waals surface area (Å²) in [5.41, 5.74) is 3.20. The van der Waals surface area contributed by atoms with Crippen molar-refractivity contribution < 1.29 is 19.2 Å². The van der Waals surface area contributed by atoms with Gasteiger partial charge >= 0.3 is 0 Å². The summed E-state index contributed by atoms with van der Waals surface area (Å²) in [5, 5.41) is 10.9. The van der Waals surface area contributed by atoms with Crippen LogP contribution in [0.25, 0.3) is 37.9 Å². The van der Waals surface area contributed by atoms with Crippen LogP contribution in [-0.4, -0.2) is 23.6 Å². The zero-order chi connectivity index (χ0) is 20.3. The van der Waals surface area contributed by atoms with E-state index in [0.717, 1.165) is 37.7 Å². The number of rotatable bonds is 0. The molecule has 30 heavy (non-hydrogen) atoms. The van der Waals surface area contributed by atoms with Gasteiger partial charge in [-0.15, -0.1) is 0 Å². The van der Waals surface area contributed by atoms with E-state index in [0.29, 0.717) is 40.5 Å². The number of amides is 4. The highest BCUT2D eigenvalue weighted by atomic mass is 16.2. The third kappa shape index (κ3) is 1.63. The molecule has 0 saturated carbocycles. The number of hydrogen-bond donors (Lipinski definition) is 2. The lowest BCUT2D eigenvalue weighted by Gasteiger charge is -2.26. The summed E-state index contributed by atoms with van der Waals surface area (Å²) in [7, 11) is 0. The van der Waals surface area contributed by atoms with Gasteiger partial charge in [0.15, 0.2) is 0 Å². The maximum atomic E-state index is 12.5. The summed E-state index contributed by atoms with van der Waals surface area (Å²) >= 11 is 0. The molecule has 0 bridgehead atoms. The Balaban J connectivity index is 1.81. The molecule has 0 unspecified atom stereocenters. The van der Waals surface area contributed by atoms with E-state index in [2.05, 4.69) is 10.6 Å². The van der Waals surface area contributed by atoms with Gasteiger partial charge in [-0.1, -0.05) is 18.2 Å². The third-order valence-electron chi connectivity index (χ3n) is 6.67. The second-order valence-electron chi connectivity index (χ2n) is 8.01. The normalized spacial score (nSPS) is 17.1. The van der Waals surface area contributed by atoms with Gasteiger partial charge in [0.1, 0.15) is 0 Å². The van der Waals surface area contributed by atoms with E-state index >= 15 is 0 Å². The zero-order valence-electron chi connectivity index (χ0n) is 15.5. The van der Waals surface area contributed by atoms with Crippen LogP contribution in [0.1, 0.15) is 43.1 Å². The Morgan fingerprint density at radius 3 is 1.83 bits per heavy atom. The smallest absolute Gasteiger partial charge is 0.258 e. The number of carbonyl (C=O) groups is 4. The van der Waals surface area contributed by atoms with Gasteiger partial charge in [0.05, 0.1) is 0 Å². The molecule has 4 amide bonds. The molecule has 142 valence electrons. The maximum Gasteiger partial charge on any atom is 0.258 e. The van der Waals surface area contributed by atoms with Crippen LogP contribution in [0, 0.1) is 0 Å². The van der Waals surface area contributed by atoms with Crippen molar-refractivity contribution in [2.24, 2.45) is 0 Å². The molecule has 4 aromatic rings. The van der Waals surface area contributed by atoms with Crippen LogP contribution >= 0.6 is 0 Å². The minimum Gasteiger partial charge on any atom is -0.288 e. The van der Waals surface area contributed by atoms with E-state index in [1.807, 2.05) is 18.2 Å². The number of benzene rings is 4. The van der Waals surface area contributed by atoms with E-state index in [-0.39, 0.29) is 23.6 Å². The number of aryl methyl sites for hydroxylation is 1. The second-order valence-corrected chi connectivity index (χ2v) is 8.01. The Morgan fingerprint density at radius 2 is 1.10 bits per heavy atom. The number of hydrogen-bond acceptors (Lipinski definition) is 4. The molecule has 2 heterocycles. The van der Waals surface area contributed by atoms with Gasteiger partial charge in [-0.05, 0) is 63.5 Å². The van der Waals surface area contributed by atoms with Crippen molar-refractivity contribution in [1.29, 1.82) is 0 Å². The highest BCUT2D eigenvalue weighted by molar-refractivity contribution is 6.35. The summed E-state index contributed by atoms with van der Waals surface area (Å²) in [4.78, 5) is 49.9. The number of fused-ring (bicyclic) bond motifs is 2. The minimum absolute atomic E-state index is 0.321. The standard InChI is InChI=1S/C24H12N2O4/c27-21-13-5-1-9-10-2-6-15-20-16(24(30)26-23(15)29)8-4-12(18(10)20)11-3-7-14(22(28)25-21)19(13)17(9)11/h1-3,5-7H,4,8H2,(H,25,27,28)(H,26,29,30). The largest absolute Gasteiger partial charge is 0.288 e. The van der Waals surface area contributed by atoms with Crippen LogP contribution in [0.3, 0.4) is 0 Å². The highest BCUT2D eigenvalue weighted by Gasteiger charge is 2.32. The molecular formula is C24H12N2O4. The summed E-state index contributed by atoms with van der Waals surface area (Å²) in [6, 6.07) is 11.0. The molecule has 0 aromatic heterocycles. The van der Waals surface area contributed by atoms with Crippen molar-refractivity contribution in [3.05, 3.63) is 63.9 Å². The molecule has 2 N–H and O–H groups in total. The average molecular weight is 392 g/mol. The second kappa shape index (κ2) is 4.91. The first kappa shape index (κ1) is 15.8.